The Balaban J connectivity index is 1.14. The fraction of sp³-hybridized carbons (Fsp3) is 0.596. The zero-order valence-electron chi connectivity index (χ0n) is 43.6. The monoisotopic (exact) mass is 1100 g/mol. The van der Waals surface area contributed by atoms with Gasteiger partial charge in [-0.3, -0.25) is 34.0 Å². The quantitative estimate of drug-likeness (QED) is 0.104. The van der Waals surface area contributed by atoms with E-state index in [0.717, 1.165) is 40.0 Å². The number of anilines is 1. The molecule has 8 heterocycles. The maximum atomic E-state index is 17.0. The van der Waals surface area contributed by atoms with Gasteiger partial charge in [0, 0.05) is 93.2 Å². The second-order valence-electron chi connectivity index (χ2n) is 22.0. The zero-order valence-corrected chi connectivity index (χ0v) is 45.1. The van der Waals surface area contributed by atoms with Gasteiger partial charge in [-0.15, -0.1) is 11.3 Å². The standard InChI is InChI=1S/C52H64ClF5N10O7S/c1-28(2)42(66-12-10-51(49(66)73)24-65(25-51)47(71)44(53)55)45(69)61-37-20-40-60-38(23-76-40)32-18-31-34(21-50(4,5)27-75-48(72)36-9-8-11-68(62-36)46(37)70)43(67(26-52(56,57)58)39(31)19-35(32)54)33-17-30(22-59-41(33)29(3)74-7)64-15-13-63(6)14-16-64/h17-19,22-23,28-29,36-37,42,44,62H,8-16,20-21,24-27H2,1-7H3,(H,61,69)/t29-,36-,37-,42-,44-/m0/s1. The summed E-state index contributed by atoms with van der Waals surface area (Å²) < 4.78 is 88.7. The summed E-state index contributed by atoms with van der Waals surface area (Å²) in [6.45, 7) is 10.3. The van der Waals surface area contributed by atoms with E-state index in [4.69, 9.17) is 31.0 Å². The molecule has 0 unspecified atom stereocenters. The van der Waals surface area contributed by atoms with Crippen molar-refractivity contribution in [3.63, 3.8) is 0 Å². The van der Waals surface area contributed by atoms with Gasteiger partial charge in [0.25, 0.3) is 17.4 Å². The Bertz CT molecular complexity index is 2900. The first-order valence-electron chi connectivity index (χ1n) is 25.6. The number of methoxy groups -OCH3 is 1. The van der Waals surface area contributed by atoms with Crippen LogP contribution in [0.5, 0.6) is 0 Å². The van der Waals surface area contributed by atoms with E-state index in [-0.39, 0.29) is 74.0 Å². The molecule has 24 heteroatoms. The number of hydrogen-bond donors (Lipinski definition) is 2. The second-order valence-corrected chi connectivity index (χ2v) is 23.4. The minimum Gasteiger partial charge on any atom is -0.464 e. The number of hydrogen-bond acceptors (Lipinski definition) is 13. The number of fused-ring (bicyclic) bond motifs is 6. The number of rotatable bonds is 10. The highest BCUT2D eigenvalue weighted by Crippen LogP contribution is 2.46. The average molecular weight is 1100 g/mol. The third kappa shape index (κ3) is 11.0. The molecule has 5 atom stereocenters. The van der Waals surface area contributed by atoms with Crippen molar-refractivity contribution in [3.05, 3.63) is 51.9 Å². The first kappa shape index (κ1) is 55.3. The molecule has 0 aliphatic carbocycles. The molecule has 1 spiro atoms. The van der Waals surface area contributed by atoms with Gasteiger partial charge >= 0.3 is 12.1 Å². The van der Waals surface area contributed by atoms with Crippen LogP contribution in [0.3, 0.4) is 0 Å². The highest BCUT2D eigenvalue weighted by Gasteiger charge is 2.58. The minimum absolute atomic E-state index is 0.0229. The van der Waals surface area contributed by atoms with E-state index in [2.05, 4.69) is 20.5 Å². The Kier molecular flexibility index (Phi) is 15.6. The number of alkyl halides is 5. The van der Waals surface area contributed by atoms with Crippen LogP contribution in [-0.2, 0) is 52.8 Å². The molecule has 0 saturated carbocycles. The largest absolute Gasteiger partial charge is 0.464 e. The van der Waals surface area contributed by atoms with Gasteiger partial charge in [-0.05, 0) is 69.3 Å². The highest BCUT2D eigenvalue weighted by molar-refractivity contribution is 7.10. The molecule has 5 aliphatic rings. The van der Waals surface area contributed by atoms with Crippen molar-refractivity contribution in [3.8, 4) is 22.5 Å². The van der Waals surface area contributed by atoms with Crippen LogP contribution in [0.15, 0.2) is 29.8 Å². The van der Waals surface area contributed by atoms with E-state index >= 15 is 17.6 Å². The van der Waals surface area contributed by atoms with Gasteiger partial charge in [-0.2, -0.15) is 13.2 Å². The fourth-order valence-electron chi connectivity index (χ4n) is 11.3. The number of ether oxygens (including phenoxy) is 2. The number of carbonyl (C=O) groups excluding carboxylic acids is 5. The molecule has 6 bridgehead atoms. The summed E-state index contributed by atoms with van der Waals surface area (Å²) in [6, 6.07) is 1.02. The summed E-state index contributed by atoms with van der Waals surface area (Å²) in [6.07, 6.45) is -2.92. The van der Waals surface area contributed by atoms with Crippen LogP contribution >= 0.6 is 22.9 Å². The lowest BCUT2D eigenvalue weighted by molar-refractivity contribution is -0.158. The van der Waals surface area contributed by atoms with E-state index in [0.29, 0.717) is 65.3 Å². The third-order valence-corrected chi connectivity index (χ3v) is 16.5. The predicted molar refractivity (Wildman–Crippen MR) is 274 cm³/mol. The van der Waals surface area contributed by atoms with E-state index in [1.54, 1.807) is 32.3 Å². The van der Waals surface area contributed by atoms with Gasteiger partial charge in [0.05, 0.1) is 57.6 Å². The number of piperazine rings is 1. The van der Waals surface area contributed by atoms with Crippen LogP contribution in [0.25, 0.3) is 33.4 Å². The number of amides is 4. The third-order valence-electron chi connectivity index (χ3n) is 15.4. The minimum atomic E-state index is -4.76. The zero-order chi connectivity index (χ0) is 54.8. The molecule has 4 fully saturated rings. The van der Waals surface area contributed by atoms with E-state index in [1.165, 1.54) is 23.1 Å². The molecular weight excluding hydrogens is 1040 g/mol. The predicted octanol–water partition coefficient (Wildman–Crippen LogP) is 6.26. The maximum absolute atomic E-state index is 17.0. The number of nitrogens with one attached hydrogen (secondary N) is 2. The summed E-state index contributed by atoms with van der Waals surface area (Å²) in [5.41, 5.74) is 0.918. The number of carbonyl (C=O) groups is 5. The van der Waals surface area contributed by atoms with E-state index in [9.17, 15) is 28.4 Å². The number of esters is 1. The SMILES string of the molecule is CO[C@@H](C)c1ncc(N2CCN(C)CC2)cc1-c1c2c3cc(c(F)cc3n1CC(F)(F)F)-c1csc(n1)C[C@H](NC(=O)[C@H](C(C)C)N1CCC3(CN(C(=O)[C@H](F)Cl)C3)C1=O)C(=O)N1CCC[C@H](N1)C(=O)OCC(C)(C)C2. The van der Waals surface area contributed by atoms with Crippen LogP contribution in [0, 0.1) is 22.6 Å². The van der Waals surface area contributed by atoms with Crippen LogP contribution in [0.2, 0.25) is 0 Å². The Morgan fingerprint density at radius 1 is 1.04 bits per heavy atom. The van der Waals surface area contributed by atoms with Crippen molar-refractivity contribution >= 4 is 69.1 Å². The van der Waals surface area contributed by atoms with Crippen molar-refractivity contribution in [1.29, 1.82) is 0 Å². The molecule has 412 valence electrons. The number of nitrogens with zero attached hydrogens (tertiary/aromatic N) is 8. The van der Waals surface area contributed by atoms with E-state index in [1.807, 2.05) is 27.0 Å². The topological polar surface area (TPSA) is 175 Å². The van der Waals surface area contributed by atoms with Gasteiger partial charge in [-0.25, -0.2) is 19.2 Å². The lowest BCUT2D eigenvalue weighted by Crippen LogP contribution is -2.64. The number of benzene rings is 1. The van der Waals surface area contributed by atoms with Gasteiger partial charge in [0.2, 0.25) is 11.8 Å². The maximum Gasteiger partial charge on any atom is 0.406 e. The molecule has 4 aromatic rings. The van der Waals surface area contributed by atoms with Crippen LogP contribution in [0.4, 0.5) is 27.6 Å². The molecule has 4 amide bonds. The number of thiazole rings is 1. The van der Waals surface area contributed by atoms with Crippen molar-refractivity contribution in [1.82, 2.24) is 45.0 Å². The van der Waals surface area contributed by atoms with Crippen LogP contribution in [-0.4, -0.2) is 167 Å². The molecule has 1 aromatic carbocycles. The number of likely N-dealkylation sites (tertiary alicyclic amines) is 2. The Morgan fingerprint density at radius 2 is 1.76 bits per heavy atom. The van der Waals surface area contributed by atoms with Crippen LogP contribution in [0.1, 0.15) is 76.3 Å². The number of likely N-dealkylation sites (N-methyl/N-ethyl adjacent to an activating group) is 1. The molecule has 0 radical (unpaired) electrons. The lowest BCUT2D eigenvalue weighted by atomic mass is 9.78. The summed E-state index contributed by atoms with van der Waals surface area (Å²) in [5, 5.41) is 6.33. The van der Waals surface area contributed by atoms with Crippen molar-refractivity contribution in [2.24, 2.45) is 16.7 Å². The number of aromatic nitrogens is 3. The molecule has 9 rings (SSSR count). The molecule has 4 saturated heterocycles. The van der Waals surface area contributed by atoms with E-state index < -0.39 is 88.8 Å². The van der Waals surface area contributed by atoms with Gasteiger partial charge in [0.15, 0.2) is 0 Å². The highest BCUT2D eigenvalue weighted by atomic mass is 35.5. The summed E-state index contributed by atoms with van der Waals surface area (Å²) in [5.74, 6) is -4.59. The Labute approximate surface area is 446 Å². The molecule has 76 heavy (non-hydrogen) atoms. The second kappa shape index (κ2) is 21.4. The van der Waals surface area contributed by atoms with Gasteiger partial charge < -0.3 is 39.0 Å². The van der Waals surface area contributed by atoms with Gasteiger partial charge in [0.1, 0.15) is 30.5 Å². The molecule has 2 N–H and O–H groups in total. The summed E-state index contributed by atoms with van der Waals surface area (Å²) in [4.78, 5) is 86.2. The number of pyridine rings is 1. The summed E-state index contributed by atoms with van der Waals surface area (Å²) >= 11 is 6.48. The molecular formula is C52H64ClF5N10O7S. The number of hydrazine groups is 1. The average Bonchev–Trinajstić information content (AvgIpc) is 4.07. The molecule has 3 aromatic heterocycles. The van der Waals surface area contributed by atoms with Crippen molar-refractivity contribution in [2.75, 3.05) is 78.0 Å². The first-order chi connectivity index (χ1) is 35.9. The molecule has 17 nitrogen and oxygen atoms in total. The Morgan fingerprint density at radius 3 is 2.43 bits per heavy atom. The number of cyclic esters (lactones) is 1. The normalized spacial score (nSPS) is 22.7. The van der Waals surface area contributed by atoms with Crippen molar-refractivity contribution < 1.29 is 55.4 Å². The molecule has 5 aliphatic heterocycles. The van der Waals surface area contributed by atoms with Crippen molar-refractivity contribution in [2.45, 2.75) is 109 Å². The smallest absolute Gasteiger partial charge is 0.406 e. The summed E-state index contributed by atoms with van der Waals surface area (Å²) in [7, 11) is 3.50. The Hall–Kier alpha value is -5.49. The lowest BCUT2D eigenvalue weighted by Gasteiger charge is -2.46. The first-order valence-corrected chi connectivity index (χ1v) is 26.9. The van der Waals surface area contributed by atoms with Crippen LogP contribution < -0.4 is 15.6 Å². The number of halogens is 6. The fourth-order valence-corrected chi connectivity index (χ4v) is 12.3. The van der Waals surface area contributed by atoms with Gasteiger partial charge in [-0.1, -0.05) is 39.3 Å².